The van der Waals surface area contributed by atoms with Crippen molar-refractivity contribution in [2.75, 3.05) is 11.9 Å². The molecule has 1 N–H and O–H groups in total. The number of hydrogen-bond donors (Lipinski definition) is 1. The SMILES string of the molecule is C=CCn1c(C)c(C)c2c(F)cnc(NCCc3ccccc3C=O)c21. The van der Waals surface area contributed by atoms with E-state index in [-0.39, 0.29) is 5.82 Å². The van der Waals surface area contributed by atoms with E-state index in [2.05, 4.69) is 16.9 Å². The summed E-state index contributed by atoms with van der Waals surface area (Å²) in [5, 5.41) is 3.90. The van der Waals surface area contributed by atoms with Gasteiger partial charge in [-0.2, -0.15) is 0 Å². The van der Waals surface area contributed by atoms with Crippen LogP contribution < -0.4 is 5.32 Å². The van der Waals surface area contributed by atoms with Gasteiger partial charge in [0.2, 0.25) is 0 Å². The number of benzene rings is 1. The van der Waals surface area contributed by atoms with Gasteiger partial charge in [0, 0.05) is 29.7 Å². The van der Waals surface area contributed by atoms with E-state index in [4.69, 9.17) is 0 Å². The van der Waals surface area contributed by atoms with Crippen molar-refractivity contribution in [2.45, 2.75) is 26.8 Å². The molecule has 26 heavy (non-hydrogen) atoms. The highest BCUT2D eigenvalue weighted by Crippen LogP contribution is 2.31. The second-order valence-corrected chi connectivity index (χ2v) is 6.28. The summed E-state index contributed by atoms with van der Waals surface area (Å²) in [6.45, 7) is 8.87. The molecule has 0 saturated heterocycles. The van der Waals surface area contributed by atoms with Crippen LogP contribution in [0, 0.1) is 19.7 Å². The van der Waals surface area contributed by atoms with Gasteiger partial charge in [0.15, 0.2) is 11.6 Å². The maximum absolute atomic E-state index is 14.4. The Hall–Kier alpha value is -2.95. The maximum Gasteiger partial charge on any atom is 0.151 e. The maximum atomic E-state index is 14.4. The summed E-state index contributed by atoms with van der Waals surface area (Å²) >= 11 is 0. The molecule has 0 aliphatic carbocycles. The van der Waals surface area contributed by atoms with E-state index >= 15 is 0 Å². The predicted molar refractivity (Wildman–Crippen MR) is 103 cm³/mol. The van der Waals surface area contributed by atoms with Gasteiger partial charge in [-0.05, 0) is 31.4 Å². The van der Waals surface area contributed by atoms with Gasteiger partial charge < -0.3 is 9.88 Å². The minimum atomic E-state index is -0.319. The normalized spacial score (nSPS) is 10.9. The van der Waals surface area contributed by atoms with Crippen molar-refractivity contribution in [1.29, 1.82) is 0 Å². The molecule has 2 heterocycles. The van der Waals surface area contributed by atoms with Crippen molar-refractivity contribution in [3.8, 4) is 0 Å². The van der Waals surface area contributed by atoms with Gasteiger partial charge >= 0.3 is 0 Å². The smallest absolute Gasteiger partial charge is 0.151 e. The summed E-state index contributed by atoms with van der Waals surface area (Å²) in [5.41, 5.74) is 4.33. The van der Waals surface area contributed by atoms with Crippen LogP contribution in [0.5, 0.6) is 0 Å². The monoisotopic (exact) mass is 351 g/mol. The zero-order valence-electron chi connectivity index (χ0n) is 15.1. The second kappa shape index (κ2) is 7.52. The fourth-order valence-corrected chi connectivity index (χ4v) is 3.33. The van der Waals surface area contributed by atoms with Crippen LogP contribution in [0.4, 0.5) is 10.2 Å². The molecule has 0 aliphatic rings. The summed E-state index contributed by atoms with van der Waals surface area (Å²) in [6, 6.07) is 7.50. The highest BCUT2D eigenvalue weighted by atomic mass is 19.1. The van der Waals surface area contributed by atoms with Crippen molar-refractivity contribution in [3.63, 3.8) is 0 Å². The van der Waals surface area contributed by atoms with Crippen LogP contribution in [0.25, 0.3) is 10.9 Å². The quantitative estimate of drug-likeness (QED) is 0.505. The third-order valence-electron chi connectivity index (χ3n) is 4.78. The first-order chi connectivity index (χ1) is 12.6. The molecular formula is C21H22FN3O. The van der Waals surface area contributed by atoms with Crippen LogP contribution in [-0.4, -0.2) is 22.4 Å². The molecule has 134 valence electrons. The Morgan fingerprint density at radius 2 is 2.08 bits per heavy atom. The molecule has 3 aromatic rings. The van der Waals surface area contributed by atoms with Crippen LogP contribution in [0.1, 0.15) is 27.2 Å². The number of nitrogens with one attached hydrogen (secondary N) is 1. The lowest BCUT2D eigenvalue weighted by Crippen LogP contribution is -2.10. The van der Waals surface area contributed by atoms with E-state index in [1.54, 1.807) is 12.1 Å². The number of rotatable bonds is 7. The Labute approximate surface area is 152 Å². The molecule has 3 rings (SSSR count). The van der Waals surface area contributed by atoms with E-state index in [1.807, 2.05) is 36.6 Å². The number of aromatic nitrogens is 2. The number of anilines is 1. The summed E-state index contributed by atoms with van der Waals surface area (Å²) in [7, 11) is 0. The average Bonchev–Trinajstić information content (AvgIpc) is 2.90. The standard InChI is InChI=1S/C21H22FN3O/c1-4-11-25-15(3)14(2)19-18(22)12-24-21(20(19)25)23-10-9-16-7-5-6-8-17(16)13-26/h4-8,12-13H,1,9-11H2,2-3H3,(H,23,24). The molecule has 0 bridgehead atoms. The third-order valence-corrected chi connectivity index (χ3v) is 4.78. The Morgan fingerprint density at radius 1 is 1.31 bits per heavy atom. The highest BCUT2D eigenvalue weighted by molar-refractivity contribution is 5.93. The molecule has 0 unspecified atom stereocenters. The fourth-order valence-electron chi connectivity index (χ4n) is 3.33. The number of halogens is 1. The Morgan fingerprint density at radius 3 is 2.81 bits per heavy atom. The second-order valence-electron chi connectivity index (χ2n) is 6.28. The molecule has 0 spiro atoms. The van der Waals surface area contributed by atoms with Gasteiger partial charge in [-0.15, -0.1) is 6.58 Å². The van der Waals surface area contributed by atoms with Crippen LogP contribution in [0.3, 0.4) is 0 Å². The van der Waals surface area contributed by atoms with Gasteiger partial charge in [0.1, 0.15) is 6.29 Å². The van der Waals surface area contributed by atoms with Gasteiger partial charge in [-0.3, -0.25) is 4.79 Å². The number of aldehydes is 1. The summed E-state index contributed by atoms with van der Waals surface area (Å²) in [4.78, 5) is 15.4. The van der Waals surface area contributed by atoms with Gasteiger partial charge in [-0.1, -0.05) is 30.3 Å². The molecule has 0 radical (unpaired) electrons. The van der Waals surface area contributed by atoms with E-state index in [1.165, 1.54) is 6.20 Å². The fraction of sp³-hybridized carbons (Fsp3) is 0.238. The van der Waals surface area contributed by atoms with Crippen molar-refractivity contribution in [2.24, 2.45) is 0 Å². The van der Waals surface area contributed by atoms with Gasteiger partial charge in [0.25, 0.3) is 0 Å². The zero-order valence-corrected chi connectivity index (χ0v) is 15.1. The number of allylic oxidation sites excluding steroid dienone is 1. The molecule has 0 aliphatic heterocycles. The number of hydrogen-bond acceptors (Lipinski definition) is 3. The largest absolute Gasteiger partial charge is 0.368 e. The number of carbonyl (C=O) groups is 1. The summed E-state index contributed by atoms with van der Waals surface area (Å²) < 4.78 is 16.4. The minimum absolute atomic E-state index is 0.319. The lowest BCUT2D eigenvalue weighted by Gasteiger charge is -2.12. The number of fused-ring (bicyclic) bond motifs is 1. The lowest BCUT2D eigenvalue weighted by atomic mass is 10.1. The number of carbonyl (C=O) groups excluding carboxylic acids is 1. The van der Waals surface area contributed by atoms with E-state index in [0.717, 1.165) is 28.6 Å². The Kier molecular flexibility index (Phi) is 5.16. The Bertz CT molecular complexity index is 975. The highest BCUT2D eigenvalue weighted by Gasteiger charge is 2.18. The lowest BCUT2D eigenvalue weighted by molar-refractivity contribution is 0.112. The van der Waals surface area contributed by atoms with Crippen LogP contribution in [-0.2, 0) is 13.0 Å². The molecule has 0 amide bonds. The van der Waals surface area contributed by atoms with Gasteiger partial charge in [0.05, 0.1) is 11.7 Å². The number of pyridine rings is 1. The summed E-state index contributed by atoms with van der Waals surface area (Å²) in [6.07, 6.45) is 4.59. The van der Waals surface area contributed by atoms with Crippen molar-refractivity contribution >= 4 is 23.0 Å². The van der Waals surface area contributed by atoms with Gasteiger partial charge in [-0.25, -0.2) is 9.37 Å². The van der Waals surface area contributed by atoms with E-state index in [0.29, 0.717) is 36.3 Å². The first-order valence-electron chi connectivity index (χ1n) is 8.60. The Balaban J connectivity index is 1.93. The van der Waals surface area contributed by atoms with Crippen molar-refractivity contribution in [3.05, 3.63) is 71.3 Å². The predicted octanol–water partition coefficient (Wildman–Crippen LogP) is 4.45. The molecule has 0 saturated carbocycles. The van der Waals surface area contributed by atoms with E-state index in [9.17, 15) is 9.18 Å². The van der Waals surface area contributed by atoms with Crippen LogP contribution >= 0.6 is 0 Å². The molecule has 5 heteroatoms. The zero-order chi connectivity index (χ0) is 18.7. The molecule has 0 fully saturated rings. The summed E-state index contributed by atoms with van der Waals surface area (Å²) in [5.74, 6) is 0.322. The first-order valence-corrected chi connectivity index (χ1v) is 8.60. The van der Waals surface area contributed by atoms with E-state index < -0.39 is 0 Å². The van der Waals surface area contributed by atoms with Crippen molar-refractivity contribution in [1.82, 2.24) is 9.55 Å². The topological polar surface area (TPSA) is 46.9 Å². The molecular weight excluding hydrogens is 329 g/mol. The molecule has 2 aromatic heterocycles. The number of nitrogens with zero attached hydrogens (tertiary/aromatic N) is 2. The van der Waals surface area contributed by atoms with Crippen LogP contribution in [0.15, 0.2) is 43.1 Å². The third kappa shape index (κ3) is 3.12. The minimum Gasteiger partial charge on any atom is -0.368 e. The number of aryl methyl sites for hydroxylation is 1. The molecule has 4 nitrogen and oxygen atoms in total. The molecule has 0 atom stereocenters. The van der Waals surface area contributed by atoms with Crippen molar-refractivity contribution < 1.29 is 9.18 Å². The molecule has 1 aromatic carbocycles. The average molecular weight is 351 g/mol. The van der Waals surface area contributed by atoms with Crippen LogP contribution in [0.2, 0.25) is 0 Å². The first kappa shape index (κ1) is 17.9.